The first kappa shape index (κ1) is 21.8. The molecule has 0 radical (unpaired) electrons. The van der Waals surface area contributed by atoms with E-state index in [1.807, 2.05) is 12.1 Å². The average molecular weight is 559 g/mol. The van der Waals surface area contributed by atoms with Gasteiger partial charge in [0.2, 0.25) is 0 Å². The lowest BCUT2D eigenvalue weighted by Crippen LogP contribution is -2.06. The molecule has 1 N–H and O–H groups in total. The first-order chi connectivity index (χ1) is 20.3. The molecule has 0 saturated heterocycles. The summed E-state index contributed by atoms with van der Waals surface area (Å²) in [5.41, 5.74) is 7.68. The highest BCUT2D eigenvalue weighted by atomic mass is 32.1. The molecule has 0 aliphatic carbocycles. The van der Waals surface area contributed by atoms with E-state index in [1.54, 1.807) is 34.6 Å². The fourth-order valence-corrected chi connectivity index (χ4v) is 5.19. The Morgan fingerprint density at radius 1 is 0.829 bits per heavy atom. The number of hydrogen-bond donors (Lipinski definition) is 1. The van der Waals surface area contributed by atoms with Crippen LogP contribution in [-0.4, -0.2) is 70.7 Å². The van der Waals surface area contributed by atoms with Crippen molar-refractivity contribution in [3.63, 3.8) is 0 Å². The summed E-state index contributed by atoms with van der Waals surface area (Å²) in [5, 5.41) is 42.6. The van der Waals surface area contributed by atoms with Crippen molar-refractivity contribution in [1.82, 2.24) is 70.7 Å². The number of aromatic amines is 1. The molecule has 2 aliphatic heterocycles. The van der Waals surface area contributed by atoms with Gasteiger partial charge in [-0.3, -0.25) is 10.1 Å². The quantitative estimate of drug-likeness (QED) is 0.329. The fourth-order valence-electron chi connectivity index (χ4n) is 4.61. The van der Waals surface area contributed by atoms with Gasteiger partial charge in [0.1, 0.15) is 39.3 Å². The van der Waals surface area contributed by atoms with Crippen LogP contribution >= 0.6 is 11.3 Å². The highest BCUT2D eigenvalue weighted by molar-refractivity contribution is 7.16. The van der Waals surface area contributed by atoms with Crippen molar-refractivity contribution in [2.75, 3.05) is 0 Å². The molecule has 0 amide bonds. The number of hydrogen-bond acceptors (Lipinski definition) is 15. The van der Waals surface area contributed by atoms with Crippen LogP contribution in [0.1, 0.15) is 0 Å². The molecule has 41 heavy (non-hydrogen) atoms. The highest BCUT2D eigenvalue weighted by Crippen LogP contribution is 2.43. The van der Waals surface area contributed by atoms with Crippen LogP contribution in [-0.2, 0) is 0 Å². The summed E-state index contributed by atoms with van der Waals surface area (Å²) in [6, 6.07) is 8.87. The van der Waals surface area contributed by atoms with Crippen LogP contribution in [0.2, 0.25) is 0 Å². The third-order valence-electron chi connectivity index (χ3n) is 6.45. The van der Waals surface area contributed by atoms with Gasteiger partial charge in [0.05, 0.1) is 28.7 Å². The van der Waals surface area contributed by atoms with Crippen LogP contribution in [0.15, 0.2) is 63.6 Å². The van der Waals surface area contributed by atoms with E-state index in [0.717, 1.165) is 5.69 Å². The zero-order valence-corrected chi connectivity index (χ0v) is 21.1. The van der Waals surface area contributed by atoms with Crippen LogP contribution in [0.5, 0.6) is 0 Å². The molecule has 0 aromatic carbocycles. The van der Waals surface area contributed by atoms with E-state index in [4.69, 9.17) is 14.0 Å². The molecule has 17 heteroatoms. The molecule has 0 unspecified atom stereocenters. The van der Waals surface area contributed by atoms with Gasteiger partial charge in [0.15, 0.2) is 28.3 Å². The van der Waals surface area contributed by atoms with Crippen molar-refractivity contribution >= 4 is 43.9 Å². The van der Waals surface area contributed by atoms with E-state index in [-0.39, 0.29) is 5.71 Å². The smallest absolute Gasteiger partial charge is 0.266 e. The highest BCUT2D eigenvalue weighted by Gasteiger charge is 2.31. The molecule has 16 nitrogen and oxygen atoms in total. The normalized spacial score (nSPS) is 11.9. The molecule has 7 aromatic heterocycles. The maximum absolute atomic E-state index is 5.89. The Hall–Kier alpha value is -6.10. The molecule has 2 aliphatic rings. The van der Waals surface area contributed by atoms with Crippen LogP contribution < -0.4 is 0 Å². The second-order valence-electron chi connectivity index (χ2n) is 8.78. The second kappa shape index (κ2) is 8.20. The Morgan fingerprint density at radius 2 is 1.78 bits per heavy atom. The SMILES string of the molecule is c1cc2noc(-c3c(-c4cc5ncoc5nn4)nn(-c4cc5nccc-5[nH]n4)c3-c3cc4ncsc4nn3)c2nn1. The minimum absolute atomic E-state index is 0.287. The van der Waals surface area contributed by atoms with Crippen LogP contribution in [0.4, 0.5) is 0 Å². The number of H-pyrrole nitrogens is 1. The predicted octanol–water partition coefficient (Wildman–Crippen LogP) is 3.36. The van der Waals surface area contributed by atoms with E-state index in [2.05, 4.69) is 60.9 Å². The molecule has 0 fully saturated rings. The standard InChI is InChI=1S/C24H10N14O2S/c1-3-25-12-7-17(32-29-10(1)12)38-21(14-6-16-24(35-31-14)41-9-27-16)18(22-20-11(37-40-22)2-4-28-33-20)19(36-38)13-5-15-23(34-30-13)39-8-26-15/h1-9,29H. The number of nitrogens with one attached hydrogen (secondary N) is 1. The average Bonchev–Trinajstić information content (AvgIpc) is 3.84. The van der Waals surface area contributed by atoms with E-state index >= 15 is 0 Å². The summed E-state index contributed by atoms with van der Waals surface area (Å²) < 4.78 is 12.8. The van der Waals surface area contributed by atoms with Crippen LogP contribution in [0, 0.1) is 0 Å². The number of fused-ring (bicyclic) bond motifs is 4. The molecule has 194 valence electrons. The summed E-state index contributed by atoms with van der Waals surface area (Å²) in [6.45, 7) is 0. The van der Waals surface area contributed by atoms with Crippen molar-refractivity contribution in [2.45, 2.75) is 0 Å². The fraction of sp³-hybridized carbons (Fsp3) is 0. The summed E-state index contributed by atoms with van der Waals surface area (Å²) in [5.74, 6) is 0.715. The minimum Gasteiger partial charge on any atom is -0.424 e. The number of oxazole rings is 1. The second-order valence-corrected chi connectivity index (χ2v) is 9.61. The largest absolute Gasteiger partial charge is 0.424 e. The zero-order valence-electron chi connectivity index (χ0n) is 20.2. The van der Waals surface area contributed by atoms with Gasteiger partial charge in [-0.15, -0.1) is 36.8 Å². The van der Waals surface area contributed by atoms with Crippen molar-refractivity contribution in [2.24, 2.45) is 0 Å². The summed E-state index contributed by atoms with van der Waals surface area (Å²) >= 11 is 1.39. The Balaban J connectivity index is 1.42. The van der Waals surface area contributed by atoms with E-state index in [0.29, 0.717) is 72.5 Å². The van der Waals surface area contributed by atoms with Gasteiger partial charge < -0.3 is 8.94 Å². The Morgan fingerprint density at radius 3 is 2.78 bits per heavy atom. The number of rotatable bonds is 4. The van der Waals surface area contributed by atoms with E-state index < -0.39 is 0 Å². The van der Waals surface area contributed by atoms with Crippen molar-refractivity contribution in [1.29, 1.82) is 0 Å². The molecule has 0 spiro atoms. The molecule has 9 heterocycles. The topological polar surface area (TPSA) is 202 Å². The molecule has 9 rings (SSSR count). The summed E-state index contributed by atoms with van der Waals surface area (Å²) in [7, 11) is 0. The summed E-state index contributed by atoms with van der Waals surface area (Å²) in [4.78, 5) is 13.8. The third-order valence-corrected chi connectivity index (χ3v) is 7.17. The van der Waals surface area contributed by atoms with E-state index in [1.165, 1.54) is 23.9 Å². The van der Waals surface area contributed by atoms with Gasteiger partial charge in [0, 0.05) is 12.3 Å². The molecule has 0 saturated carbocycles. The number of aromatic nitrogens is 14. The van der Waals surface area contributed by atoms with Crippen molar-refractivity contribution < 1.29 is 8.94 Å². The van der Waals surface area contributed by atoms with Gasteiger partial charge >= 0.3 is 0 Å². The monoisotopic (exact) mass is 558 g/mol. The first-order valence-corrected chi connectivity index (χ1v) is 12.8. The van der Waals surface area contributed by atoms with Crippen molar-refractivity contribution in [3.05, 3.63) is 54.6 Å². The predicted molar refractivity (Wildman–Crippen MR) is 142 cm³/mol. The lowest BCUT2D eigenvalue weighted by Gasteiger charge is -2.08. The number of thiazole rings is 1. The van der Waals surface area contributed by atoms with E-state index in [9.17, 15) is 0 Å². The minimum atomic E-state index is 0.287. The van der Waals surface area contributed by atoms with Gasteiger partial charge in [-0.1, -0.05) is 5.16 Å². The Kier molecular flexibility index (Phi) is 4.36. The Bertz CT molecular complexity index is 2360. The molecule has 0 atom stereocenters. The first-order valence-electron chi connectivity index (χ1n) is 12.0. The summed E-state index contributed by atoms with van der Waals surface area (Å²) in [6.07, 6.45) is 4.53. The van der Waals surface area contributed by atoms with Crippen LogP contribution in [0.25, 0.3) is 83.9 Å². The maximum Gasteiger partial charge on any atom is 0.266 e. The van der Waals surface area contributed by atoms with Gasteiger partial charge in [0.25, 0.3) is 5.71 Å². The lowest BCUT2D eigenvalue weighted by molar-refractivity contribution is 0.441. The number of nitrogens with zero attached hydrogens (tertiary/aromatic N) is 13. The lowest BCUT2D eigenvalue weighted by atomic mass is 10.0. The maximum atomic E-state index is 5.89. The van der Waals surface area contributed by atoms with Gasteiger partial charge in [-0.05, 0) is 24.3 Å². The van der Waals surface area contributed by atoms with Crippen LogP contribution in [0.3, 0.4) is 0 Å². The zero-order chi connectivity index (χ0) is 26.9. The van der Waals surface area contributed by atoms with Crippen molar-refractivity contribution in [3.8, 4) is 51.3 Å². The molecular formula is C24H10N14O2S. The molecule has 7 aromatic rings. The van der Waals surface area contributed by atoms with Gasteiger partial charge in [-0.25, -0.2) is 14.6 Å². The third kappa shape index (κ3) is 3.26. The molecule has 0 bridgehead atoms. The Labute approximate surface area is 229 Å². The molecular weight excluding hydrogens is 548 g/mol. The van der Waals surface area contributed by atoms with Gasteiger partial charge in [-0.2, -0.15) is 15.3 Å².